The minimum absolute atomic E-state index is 0.0815. The fourth-order valence-electron chi connectivity index (χ4n) is 4.20. The maximum absolute atomic E-state index is 8.72. The number of para-hydroxylation sites is 3. The predicted octanol–water partition coefficient (Wildman–Crippen LogP) is 8.90. The molecule has 6 rings (SSSR count). The van der Waals surface area contributed by atoms with Crippen LogP contribution in [0, 0.1) is 0 Å². The Bertz CT molecular complexity index is 1800. The first-order valence-corrected chi connectivity index (χ1v) is 10.9. The number of hydrogen-bond donors (Lipinski definition) is 0. The third-order valence-corrected chi connectivity index (χ3v) is 5.82. The fraction of sp³-hybridized carbons (Fsp3) is 0. The Kier molecular flexibility index (Phi) is 3.89. The quantitative estimate of drug-likeness (QED) is 0.262. The van der Waals surface area contributed by atoms with Crippen LogP contribution in [-0.2, 0) is 0 Å². The number of hydrogen-bond acceptors (Lipinski definition) is 1. The Morgan fingerprint density at radius 3 is 2.27 bits per heavy atom. The predicted molar refractivity (Wildman–Crippen MR) is 138 cm³/mol. The average molecular weight is 450 g/mol. The number of ether oxygens (including phenoxy) is 1. The lowest BCUT2D eigenvalue weighted by Crippen LogP contribution is -1.95. The molecule has 1 aromatic heterocycles. The molecule has 0 unspecified atom stereocenters. The Hall–Kier alpha value is -4.01. The van der Waals surface area contributed by atoms with Gasteiger partial charge in [0.2, 0.25) is 0 Å². The highest BCUT2D eigenvalue weighted by molar-refractivity contribution is 6.31. The molecule has 3 heteroatoms. The van der Waals surface area contributed by atoms with Crippen molar-refractivity contribution in [3.05, 3.63) is 126 Å². The van der Waals surface area contributed by atoms with E-state index < -0.39 is 0 Å². The van der Waals surface area contributed by atoms with Gasteiger partial charge in [0.1, 0.15) is 5.75 Å². The molecule has 5 aromatic carbocycles. The molecule has 6 aromatic rings. The number of nitrogens with zero attached hydrogens (tertiary/aromatic N) is 1. The van der Waals surface area contributed by atoms with E-state index in [1.54, 1.807) is 6.07 Å². The van der Waals surface area contributed by atoms with Crippen molar-refractivity contribution >= 4 is 33.4 Å². The second-order valence-electron chi connectivity index (χ2n) is 7.69. The molecule has 0 aliphatic heterocycles. The number of fused-ring (bicyclic) bond motifs is 3. The molecular weight excluding hydrogens is 426 g/mol. The molecule has 0 bridgehead atoms. The van der Waals surface area contributed by atoms with Crippen LogP contribution in [-0.4, -0.2) is 4.57 Å². The van der Waals surface area contributed by atoms with Crippen molar-refractivity contribution in [2.24, 2.45) is 0 Å². The number of benzene rings is 5. The van der Waals surface area contributed by atoms with Crippen LogP contribution in [0.4, 0.5) is 0 Å². The zero-order valence-corrected chi connectivity index (χ0v) is 18.2. The molecule has 158 valence electrons. The minimum atomic E-state index is -0.276. The molecule has 0 N–H and O–H groups in total. The van der Waals surface area contributed by atoms with Crippen LogP contribution in [0.3, 0.4) is 0 Å². The summed E-state index contributed by atoms with van der Waals surface area (Å²) < 4.78 is 42.3. The second kappa shape index (κ2) is 8.16. The molecule has 0 aliphatic carbocycles. The summed E-state index contributed by atoms with van der Waals surface area (Å²) >= 11 is 6.48. The summed E-state index contributed by atoms with van der Waals surface area (Å²) in [7, 11) is 0. The smallest absolute Gasteiger partial charge is 0.152 e. The maximum Gasteiger partial charge on any atom is 0.152 e. The summed E-state index contributed by atoms with van der Waals surface area (Å²) in [6.45, 7) is 0. The van der Waals surface area contributed by atoms with Crippen molar-refractivity contribution in [1.29, 1.82) is 0 Å². The van der Waals surface area contributed by atoms with E-state index in [0.717, 1.165) is 16.8 Å². The van der Waals surface area contributed by atoms with E-state index in [9.17, 15) is 0 Å². The van der Waals surface area contributed by atoms with Gasteiger partial charge in [-0.25, -0.2) is 0 Å². The van der Waals surface area contributed by atoms with Crippen LogP contribution >= 0.6 is 11.6 Å². The molecule has 0 radical (unpaired) electrons. The monoisotopic (exact) mass is 449 g/mol. The molecule has 0 aliphatic rings. The summed E-state index contributed by atoms with van der Waals surface area (Å²) in [5.74, 6) is 1.05. The second-order valence-corrected chi connectivity index (χ2v) is 8.13. The van der Waals surface area contributed by atoms with Crippen LogP contribution in [0.5, 0.6) is 11.5 Å². The molecule has 2 nitrogen and oxygen atoms in total. The van der Waals surface area contributed by atoms with Gasteiger partial charge in [-0.1, -0.05) is 90.4 Å². The topological polar surface area (TPSA) is 14.2 Å². The van der Waals surface area contributed by atoms with E-state index in [2.05, 4.69) is 0 Å². The Morgan fingerprint density at radius 2 is 1.45 bits per heavy atom. The largest absolute Gasteiger partial charge is 0.455 e. The van der Waals surface area contributed by atoms with Crippen LogP contribution in [0.15, 0.2) is 121 Å². The molecule has 33 heavy (non-hydrogen) atoms. The van der Waals surface area contributed by atoms with Crippen molar-refractivity contribution in [2.75, 3.05) is 0 Å². The van der Waals surface area contributed by atoms with E-state index >= 15 is 0 Å². The van der Waals surface area contributed by atoms with Crippen LogP contribution in [0.1, 0.15) is 5.48 Å². The first-order valence-electron chi connectivity index (χ1n) is 12.6. The molecule has 0 amide bonds. The van der Waals surface area contributed by atoms with E-state index in [0.29, 0.717) is 38.3 Å². The van der Waals surface area contributed by atoms with Gasteiger partial charge in [-0.15, -0.1) is 0 Å². The van der Waals surface area contributed by atoms with Gasteiger partial charge >= 0.3 is 0 Å². The Labute approximate surface area is 202 Å². The maximum atomic E-state index is 8.72. The third-order valence-electron chi connectivity index (χ3n) is 5.60. The van der Waals surface area contributed by atoms with Crippen LogP contribution < -0.4 is 4.74 Å². The summed E-state index contributed by atoms with van der Waals surface area (Å²) in [5.41, 5.74) is 3.74. The zero-order chi connectivity index (χ0) is 25.7. The molecule has 0 spiro atoms. The zero-order valence-electron chi connectivity index (χ0n) is 21.5. The third kappa shape index (κ3) is 3.55. The molecule has 1 heterocycles. The van der Waals surface area contributed by atoms with Gasteiger partial charge in [0, 0.05) is 21.5 Å². The lowest BCUT2D eigenvalue weighted by molar-refractivity contribution is 0.487. The lowest BCUT2D eigenvalue weighted by atomic mass is 10.1. The number of aromatic nitrogens is 1. The summed E-state index contributed by atoms with van der Waals surface area (Å²) in [4.78, 5) is 0. The van der Waals surface area contributed by atoms with Crippen molar-refractivity contribution in [3.8, 4) is 28.3 Å². The summed E-state index contributed by atoms with van der Waals surface area (Å²) in [5, 5.41) is 1.66. The minimum Gasteiger partial charge on any atom is -0.455 e. The standard InChI is InChI=1S/C30H20ClNO/c31-23-18-22(21-10-3-1-4-11-21)19-25(20-23)33-29-17-9-15-27-26-14-7-8-16-28(26)32(30(27)29)24-12-5-2-6-13-24/h1-20H/i7D,8D,14D,16D. The summed E-state index contributed by atoms with van der Waals surface area (Å²) in [6, 6.07) is 29.8. The van der Waals surface area contributed by atoms with Gasteiger partial charge in [0.05, 0.1) is 16.5 Å². The normalized spacial score (nSPS) is 12.9. The Balaban J connectivity index is 1.64. The molecular formula is C30H20ClNO. The number of rotatable bonds is 4. The summed E-state index contributed by atoms with van der Waals surface area (Å²) in [6.07, 6.45) is 0. The molecule has 0 atom stereocenters. The van der Waals surface area contributed by atoms with Crippen molar-refractivity contribution in [3.63, 3.8) is 0 Å². The fourth-order valence-corrected chi connectivity index (χ4v) is 4.42. The number of halogens is 1. The highest BCUT2D eigenvalue weighted by atomic mass is 35.5. The highest BCUT2D eigenvalue weighted by Crippen LogP contribution is 2.39. The SMILES string of the molecule is [2H]c1c([2H])c([2H])c2c(c1[2H])c1cccc(Oc3cc(Cl)cc(-c4ccccc4)c3)c1n2-c1ccccc1. The van der Waals surface area contributed by atoms with Crippen LogP contribution in [0.2, 0.25) is 5.02 Å². The van der Waals surface area contributed by atoms with Crippen molar-refractivity contribution < 1.29 is 10.2 Å². The van der Waals surface area contributed by atoms with Gasteiger partial charge in [-0.3, -0.25) is 0 Å². The lowest BCUT2D eigenvalue weighted by Gasteiger charge is -2.13. The molecule has 0 fully saturated rings. The van der Waals surface area contributed by atoms with Gasteiger partial charge in [-0.2, -0.15) is 0 Å². The van der Waals surface area contributed by atoms with Gasteiger partial charge in [-0.05, 0) is 53.6 Å². The van der Waals surface area contributed by atoms with Gasteiger partial charge in [0.15, 0.2) is 5.75 Å². The molecule has 0 saturated heterocycles. The van der Waals surface area contributed by atoms with Gasteiger partial charge in [0.25, 0.3) is 0 Å². The van der Waals surface area contributed by atoms with E-state index in [-0.39, 0.29) is 24.2 Å². The van der Waals surface area contributed by atoms with E-state index in [4.69, 9.17) is 21.8 Å². The van der Waals surface area contributed by atoms with Crippen molar-refractivity contribution in [2.45, 2.75) is 0 Å². The van der Waals surface area contributed by atoms with E-state index in [1.807, 2.05) is 95.6 Å². The molecule has 0 saturated carbocycles. The Morgan fingerprint density at radius 1 is 0.697 bits per heavy atom. The average Bonchev–Trinajstić information content (AvgIpc) is 3.28. The van der Waals surface area contributed by atoms with Gasteiger partial charge < -0.3 is 9.30 Å². The first kappa shape index (κ1) is 15.7. The highest BCUT2D eigenvalue weighted by Gasteiger charge is 2.16. The first-order chi connectivity index (χ1) is 17.9. The van der Waals surface area contributed by atoms with Crippen LogP contribution in [0.25, 0.3) is 38.6 Å². The van der Waals surface area contributed by atoms with E-state index in [1.165, 1.54) is 0 Å². The van der Waals surface area contributed by atoms with Crippen molar-refractivity contribution in [1.82, 2.24) is 4.57 Å².